The van der Waals surface area contributed by atoms with Crippen molar-refractivity contribution in [3.8, 4) is 5.75 Å². The molecule has 2 atom stereocenters. The van der Waals surface area contributed by atoms with Gasteiger partial charge in [0.05, 0.1) is 24.9 Å². The zero-order valence-electron chi connectivity index (χ0n) is 13.3. The SMILES string of the molecule is O=C(O)C[C@H]1CN(Cc2ccc3c(c2)CCO3)C[C@H]1c1cn[nH]n1. The van der Waals surface area contributed by atoms with Crippen LogP contribution in [0.15, 0.2) is 24.4 Å². The standard InChI is InChI=1S/C17H20N4O3/c22-17(23)6-13-9-21(10-14(13)15-7-18-20-19-15)8-11-1-2-16-12(5-11)3-4-24-16/h1-2,5,7,13-14H,3-4,6,8-10H2,(H,22,23)(H,18,19,20)/t13-,14+/m0/s1. The van der Waals surface area contributed by atoms with Gasteiger partial charge in [0.15, 0.2) is 0 Å². The first-order valence-electron chi connectivity index (χ1n) is 8.23. The third-order valence-electron chi connectivity index (χ3n) is 4.93. The van der Waals surface area contributed by atoms with Crippen LogP contribution in [0.4, 0.5) is 0 Å². The molecule has 24 heavy (non-hydrogen) atoms. The summed E-state index contributed by atoms with van der Waals surface area (Å²) in [4.78, 5) is 13.5. The van der Waals surface area contributed by atoms with Crippen molar-refractivity contribution in [3.05, 3.63) is 41.2 Å². The van der Waals surface area contributed by atoms with Gasteiger partial charge in [-0.3, -0.25) is 9.69 Å². The van der Waals surface area contributed by atoms with E-state index in [4.69, 9.17) is 4.74 Å². The molecule has 0 amide bonds. The van der Waals surface area contributed by atoms with Gasteiger partial charge >= 0.3 is 5.97 Å². The van der Waals surface area contributed by atoms with Crippen LogP contribution in [-0.2, 0) is 17.8 Å². The molecule has 0 unspecified atom stereocenters. The minimum atomic E-state index is -0.759. The number of nitrogens with one attached hydrogen (secondary N) is 1. The van der Waals surface area contributed by atoms with Gasteiger partial charge in [-0.25, -0.2) is 0 Å². The number of hydrogen-bond donors (Lipinski definition) is 2. The number of nitrogens with zero attached hydrogens (tertiary/aromatic N) is 3. The molecule has 4 rings (SSSR count). The van der Waals surface area contributed by atoms with E-state index in [9.17, 15) is 9.90 Å². The maximum Gasteiger partial charge on any atom is 0.303 e. The van der Waals surface area contributed by atoms with Gasteiger partial charge in [-0.2, -0.15) is 15.4 Å². The lowest BCUT2D eigenvalue weighted by atomic mass is 9.91. The molecule has 3 heterocycles. The molecular weight excluding hydrogens is 308 g/mol. The number of aliphatic carboxylic acids is 1. The lowest BCUT2D eigenvalue weighted by molar-refractivity contribution is -0.138. The Balaban J connectivity index is 1.49. The molecule has 1 fully saturated rings. The number of fused-ring (bicyclic) bond motifs is 1. The Labute approximate surface area is 139 Å². The van der Waals surface area contributed by atoms with Crippen molar-refractivity contribution >= 4 is 5.97 Å². The van der Waals surface area contributed by atoms with Crippen molar-refractivity contribution in [1.82, 2.24) is 20.3 Å². The molecule has 2 aliphatic heterocycles. The molecule has 126 valence electrons. The Morgan fingerprint density at radius 1 is 1.42 bits per heavy atom. The van der Waals surface area contributed by atoms with Crippen molar-refractivity contribution in [3.63, 3.8) is 0 Å². The van der Waals surface area contributed by atoms with Crippen molar-refractivity contribution in [1.29, 1.82) is 0 Å². The molecule has 2 N–H and O–H groups in total. The van der Waals surface area contributed by atoms with Gasteiger partial charge in [0.1, 0.15) is 5.75 Å². The monoisotopic (exact) mass is 328 g/mol. The van der Waals surface area contributed by atoms with Crippen molar-refractivity contribution in [2.45, 2.75) is 25.3 Å². The lowest BCUT2D eigenvalue weighted by Crippen LogP contribution is -2.20. The largest absolute Gasteiger partial charge is 0.493 e. The summed E-state index contributed by atoms with van der Waals surface area (Å²) in [5.74, 6) is 0.400. The number of H-pyrrole nitrogens is 1. The molecule has 1 saturated heterocycles. The highest BCUT2D eigenvalue weighted by atomic mass is 16.5. The number of carbonyl (C=O) groups is 1. The minimum Gasteiger partial charge on any atom is -0.493 e. The first-order chi connectivity index (χ1) is 11.7. The third kappa shape index (κ3) is 2.99. The summed E-state index contributed by atoms with van der Waals surface area (Å²) >= 11 is 0. The van der Waals surface area contributed by atoms with Crippen LogP contribution in [0.3, 0.4) is 0 Å². The maximum atomic E-state index is 11.2. The Hall–Kier alpha value is -2.41. The maximum absolute atomic E-state index is 11.2. The van der Waals surface area contributed by atoms with Gasteiger partial charge in [0.2, 0.25) is 0 Å². The third-order valence-corrected chi connectivity index (χ3v) is 4.93. The minimum absolute atomic E-state index is 0.0605. The zero-order valence-corrected chi connectivity index (χ0v) is 13.3. The molecule has 1 aromatic heterocycles. The van der Waals surface area contributed by atoms with E-state index in [-0.39, 0.29) is 18.3 Å². The predicted molar refractivity (Wildman–Crippen MR) is 85.8 cm³/mol. The van der Waals surface area contributed by atoms with Crippen LogP contribution >= 0.6 is 0 Å². The van der Waals surface area contributed by atoms with Crippen LogP contribution in [0.25, 0.3) is 0 Å². The number of likely N-dealkylation sites (tertiary alicyclic amines) is 1. The van der Waals surface area contributed by atoms with E-state index in [1.165, 1.54) is 11.1 Å². The molecule has 0 saturated carbocycles. The first kappa shape index (κ1) is 15.1. The van der Waals surface area contributed by atoms with Gasteiger partial charge in [0, 0.05) is 32.0 Å². The van der Waals surface area contributed by atoms with Gasteiger partial charge in [-0.1, -0.05) is 12.1 Å². The predicted octanol–water partition coefficient (Wildman–Crippen LogP) is 1.43. The van der Waals surface area contributed by atoms with Gasteiger partial charge in [-0.15, -0.1) is 0 Å². The summed E-state index contributed by atoms with van der Waals surface area (Å²) in [6.07, 6.45) is 2.83. The fourth-order valence-corrected chi connectivity index (χ4v) is 3.84. The number of aromatic amines is 1. The molecule has 2 aromatic rings. The number of carboxylic acids is 1. The fourth-order valence-electron chi connectivity index (χ4n) is 3.84. The van der Waals surface area contributed by atoms with Crippen LogP contribution in [0, 0.1) is 5.92 Å². The van der Waals surface area contributed by atoms with Crippen molar-refractivity contribution in [2.75, 3.05) is 19.7 Å². The van der Waals surface area contributed by atoms with Crippen LogP contribution in [-0.4, -0.2) is 51.1 Å². The fraction of sp³-hybridized carbons (Fsp3) is 0.471. The number of carboxylic acid groups (broad SMARTS) is 1. The first-order valence-corrected chi connectivity index (χ1v) is 8.23. The molecule has 7 nitrogen and oxygen atoms in total. The molecule has 0 spiro atoms. The number of rotatable bonds is 5. The highest BCUT2D eigenvalue weighted by Gasteiger charge is 2.36. The van der Waals surface area contributed by atoms with E-state index < -0.39 is 5.97 Å². The second-order valence-corrected chi connectivity index (χ2v) is 6.59. The number of ether oxygens (including phenoxy) is 1. The van der Waals surface area contributed by atoms with Gasteiger partial charge in [-0.05, 0) is 23.1 Å². The average Bonchev–Trinajstić information content (AvgIpc) is 3.26. The van der Waals surface area contributed by atoms with Gasteiger partial charge in [0.25, 0.3) is 0 Å². The summed E-state index contributed by atoms with van der Waals surface area (Å²) in [6.45, 7) is 3.14. The van der Waals surface area contributed by atoms with E-state index in [2.05, 4.69) is 32.4 Å². The topological polar surface area (TPSA) is 91.3 Å². The quantitative estimate of drug-likeness (QED) is 0.863. The van der Waals surface area contributed by atoms with E-state index in [0.717, 1.165) is 44.1 Å². The molecule has 7 heteroatoms. The number of aromatic nitrogens is 3. The summed E-state index contributed by atoms with van der Waals surface area (Å²) in [5, 5.41) is 19.9. The molecule has 0 radical (unpaired) electrons. The van der Waals surface area contributed by atoms with E-state index in [0.29, 0.717) is 0 Å². The smallest absolute Gasteiger partial charge is 0.303 e. The Morgan fingerprint density at radius 3 is 3.12 bits per heavy atom. The molecule has 0 bridgehead atoms. The lowest BCUT2D eigenvalue weighted by Gasteiger charge is -2.16. The summed E-state index contributed by atoms with van der Waals surface area (Å²) in [5.41, 5.74) is 3.36. The number of benzene rings is 1. The summed E-state index contributed by atoms with van der Waals surface area (Å²) in [6, 6.07) is 6.34. The summed E-state index contributed by atoms with van der Waals surface area (Å²) in [7, 11) is 0. The van der Waals surface area contributed by atoms with Crippen molar-refractivity contribution in [2.24, 2.45) is 5.92 Å². The molecule has 2 aliphatic rings. The average molecular weight is 328 g/mol. The number of hydrogen-bond acceptors (Lipinski definition) is 5. The second kappa shape index (κ2) is 6.24. The molecule has 1 aromatic carbocycles. The van der Waals surface area contributed by atoms with Gasteiger partial charge < -0.3 is 9.84 Å². The second-order valence-electron chi connectivity index (χ2n) is 6.59. The molecular formula is C17H20N4O3. The van der Waals surface area contributed by atoms with E-state index in [1.54, 1.807) is 6.20 Å². The zero-order chi connectivity index (χ0) is 16.5. The highest BCUT2D eigenvalue weighted by molar-refractivity contribution is 5.67. The summed E-state index contributed by atoms with van der Waals surface area (Å²) < 4.78 is 5.55. The Morgan fingerprint density at radius 2 is 2.33 bits per heavy atom. The molecule has 0 aliphatic carbocycles. The van der Waals surface area contributed by atoms with Crippen LogP contribution in [0.5, 0.6) is 5.75 Å². The van der Waals surface area contributed by atoms with Crippen molar-refractivity contribution < 1.29 is 14.6 Å². The van der Waals surface area contributed by atoms with Crippen LogP contribution in [0.1, 0.15) is 29.2 Å². The van der Waals surface area contributed by atoms with Crippen LogP contribution < -0.4 is 4.74 Å². The Kier molecular flexibility index (Phi) is 3.93. The van der Waals surface area contributed by atoms with E-state index in [1.807, 2.05) is 6.07 Å². The highest BCUT2D eigenvalue weighted by Crippen LogP contribution is 2.35. The van der Waals surface area contributed by atoms with E-state index >= 15 is 0 Å². The Bertz CT molecular complexity index is 731. The van der Waals surface area contributed by atoms with Crippen LogP contribution in [0.2, 0.25) is 0 Å². The normalized spacial score (nSPS) is 23.2.